The lowest BCUT2D eigenvalue weighted by Gasteiger charge is -2.35. The number of aromatic nitrogens is 3. The third-order valence-corrected chi connectivity index (χ3v) is 6.37. The number of ether oxygens (including phenoxy) is 1. The number of rotatable bonds is 12. The van der Waals surface area contributed by atoms with Gasteiger partial charge in [0, 0.05) is 35.9 Å². The van der Waals surface area contributed by atoms with Crippen molar-refractivity contribution in [1.29, 1.82) is 0 Å². The molecule has 0 spiro atoms. The molecule has 1 aromatic heterocycles. The van der Waals surface area contributed by atoms with Crippen molar-refractivity contribution in [3.05, 3.63) is 59.1 Å². The van der Waals surface area contributed by atoms with Crippen molar-refractivity contribution in [2.75, 3.05) is 19.8 Å². The summed E-state index contributed by atoms with van der Waals surface area (Å²) in [7, 11) is 0. The van der Waals surface area contributed by atoms with E-state index in [1.54, 1.807) is 27.8 Å². The van der Waals surface area contributed by atoms with Crippen LogP contribution in [-0.2, 0) is 20.9 Å². The molecule has 9 heteroatoms. The molecule has 3 aromatic rings. The second kappa shape index (κ2) is 12.1. The molecule has 1 N–H and O–H groups in total. The summed E-state index contributed by atoms with van der Waals surface area (Å²) in [4.78, 5) is 29.0. The fourth-order valence-corrected chi connectivity index (χ4v) is 4.01. The Balaban J connectivity index is 1.99. The highest BCUT2D eigenvalue weighted by molar-refractivity contribution is 6.31. The van der Waals surface area contributed by atoms with Crippen molar-refractivity contribution in [2.45, 2.75) is 58.7 Å². The number of hydrogen-bond acceptors (Lipinski definition) is 5. The maximum absolute atomic E-state index is 13.8. The SMILES string of the molecule is CCOCCCN(C(=O)Cn1nnc2ccccc21)C(C(=O)NC(C)(C)CC)c1ccccc1Cl. The molecule has 2 amide bonds. The van der Waals surface area contributed by atoms with Gasteiger partial charge in [0.25, 0.3) is 0 Å². The van der Waals surface area contributed by atoms with E-state index < -0.39 is 11.6 Å². The Labute approximate surface area is 211 Å². The van der Waals surface area contributed by atoms with E-state index in [1.807, 2.05) is 58.0 Å². The molecule has 0 aliphatic heterocycles. The Hall–Kier alpha value is -2.97. The summed E-state index contributed by atoms with van der Waals surface area (Å²) in [5.41, 5.74) is 1.58. The number of amides is 2. The van der Waals surface area contributed by atoms with E-state index in [0.717, 1.165) is 11.9 Å². The molecular weight excluding hydrogens is 466 g/mol. The van der Waals surface area contributed by atoms with Crippen LogP contribution in [0.4, 0.5) is 0 Å². The van der Waals surface area contributed by atoms with Crippen LogP contribution in [0, 0.1) is 0 Å². The minimum Gasteiger partial charge on any atom is -0.382 e. The molecular formula is C26H34ClN5O3. The molecule has 0 bridgehead atoms. The van der Waals surface area contributed by atoms with Crippen LogP contribution in [0.25, 0.3) is 11.0 Å². The van der Waals surface area contributed by atoms with Crippen LogP contribution >= 0.6 is 11.6 Å². The highest BCUT2D eigenvalue weighted by atomic mass is 35.5. The Morgan fingerprint density at radius 2 is 1.86 bits per heavy atom. The quantitative estimate of drug-likeness (QED) is 0.373. The minimum atomic E-state index is -0.904. The summed E-state index contributed by atoms with van der Waals surface area (Å²) in [6, 6.07) is 13.7. The van der Waals surface area contributed by atoms with Crippen LogP contribution in [0.2, 0.25) is 5.02 Å². The first-order chi connectivity index (χ1) is 16.8. The van der Waals surface area contributed by atoms with E-state index in [0.29, 0.717) is 42.3 Å². The van der Waals surface area contributed by atoms with Crippen LogP contribution in [0.3, 0.4) is 0 Å². The second-order valence-electron chi connectivity index (χ2n) is 9.02. The second-order valence-corrected chi connectivity index (χ2v) is 9.43. The minimum absolute atomic E-state index is 0.0550. The molecule has 2 aromatic carbocycles. The molecule has 1 unspecified atom stereocenters. The topological polar surface area (TPSA) is 89.3 Å². The number of para-hydroxylation sites is 1. The molecule has 3 rings (SSSR count). The number of nitrogens with one attached hydrogen (secondary N) is 1. The first-order valence-electron chi connectivity index (χ1n) is 12.0. The normalized spacial score (nSPS) is 12.5. The first kappa shape index (κ1) is 26.6. The van der Waals surface area contributed by atoms with Gasteiger partial charge in [0.05, 0.1) is 5.52 Å². The number of fused-ring (bicyclic) bond motifs is 1. The number of carbonyl (C=O) groups excluding carboxylic acids is 2. The summed E-state index contributed by atoms with van der Waals surface area (Å²) >= 11 is 6.55. The van der Waals surface area contributed by atoms with Crippen molar-refractivity contribution in [3.63, 3.8) is 0 Å². The number of halogens is 1. The van der Waals surface area contributed by atoms with Gasteiger partial charge in [-0.15, -0.1) is 5.10 Å². The van der Waals surface area contributed by atoms with Crippen LogP contribution in [0.5, 0.6) is 0 Å². The summed E-state index contributed by atoms with van der Waals surface area (Å²) in [5.74, 6) is -0.537. The molecule has 0 fully saturated rings. The van der Waals surface area contributed by atoms with E-state index in [9.17, 15) is 9.59 Å². The lowest BCUT2D eigenvalue weighted by Crippen LogP contribution is -2.51. The number of hydrogen-bond donors (Lipinski definition) is 1. The van der Waals surface area contributed by atoms with Gasteiger partial charge in [0.15, 0.2) is 0 Å². The average molecular weight is 500 g/mol. The van der Waals surface area contributed by atoms with Gasteiger partial charge in [-0.1, -0.05) is 54.1 Å². The Kier molecular flexibility index (Phi) is 9.23. The van der Waals surface area contributed by atoms with E-state index in [-0.39, 0.29) is 18.4 Å². The predicted octanol–water partition coefficient (Wildman–Crippen LogP) is 4.39. The first-order valence-corrected chi connectivity index (χ1v) is 12.4. The van der Waals surface area contributed by atoms with Crippen LogP contribution in [0.1, 0.15) is 52.1 Å². The smallest absolute Gasteiger partial charge is 0.247 e. The molecule has 0 aliphatic carbocycles. The van der Waals surface area contributed by atoms with Crippen molar-refractivity contribution in [2.24, 2.45) is 0 Å². The number of nitrogens with zero attached hydrogens (tertiary/aromatic N) is 4. The number of benzene rings is 2. The van der Waals surface area contributed by atoms with Crippen LogP contribution in [-0.4, -0.2) is 57.0 Å². The van der Waals surface area contributed by atoms with Gasteiger partial charge in [-0.2, -0.15) is 0 Å². The molecule has 0 radical (unpaired) electrons. The summed E-state index contributed by atoms with van der Waals surface area (Å²) < 4.78 is 7.06. The van der Waals surface area contributed by atoms with Crippen molar-refractivity contribution in [3.8, 4) is 0 Å². The van der Waals surface area contributed by atoms with Gasteiger partial charge in [-0.25, -0.2) is 4.68 Å². The van der Waals surface area contributed by atoms with Crippen molar-refractivity contribution >= 4 is 34.4 Å². The highest BCUT2D eigenvalue weighted by Crippen LogP contribution is 2.29. The largest absolute Gasteiger partial charge is 0.382 e. The van der Waals surface area contributed by atoms with E-state index >= 15 is 0 Å². The monoisotopic (exact) mass is 499 g/mol. The van der Waals surface area contributed by atoms with Gasteiger partial charge in [-0.05, 0) is 51.8 Å². The van der Waals surface area contributed by atoms with Gasteiger partial charge < -0.3 is 15.0 Å². The van der Waals surface area contributed by atoms with Crippen molar-refractivity contribution < 1.29 is 14.3 Å². The lowest BCUT2D eigenvalue weighted by atomic mass is 9.98. The van der Waals surface area contributed by atoms with Gasteiger partial charge in [0.1, 0.15) is 18.1 Å². The lowest BCUT2D eigenvalue weighted by molar-refractivity contribution is -0.142. The molecule has 0 saturated carbocycles. The standard InChI is InChI=1S/C26H34ClN5O3/c1-5-26(3,4)28-25(34)24(19-12-7-8-13-20(19)27)31(16-11-17-35-6-2)23(33)18-32-22-15-10-9-14-21(22)29-30-32/h7-10,12-15,24H,5-6,11,16-18H2,1-4H3,(H,28,34). The summed E-state index contributed by atoms with van der Waals surface area (Å²) in [6.07, 6.45) is 1.31. The fraction of sp³-hybridized carbons (Fsp3) is 0.462. The number of carbonyl (C=O) groups is 2. The molecule has 0 saturated heterocycles. The molecule has 1 heterocycles. The van der Waals surface area contributed by atoms with E-state index in [4.69, 9.17) is 16.3 Å². The molecule has 35 heavy (non-hydrogen) atoms. The molecule has 8 nitrogen and oxygen atoms in total. The molecule has 0 aliphatic rings. The predicted molar refractivity (Wildman–Crippen MR) is 137 cm³/mol. The Bertz CT molecular complexity index is 1150. The van der Waals surface area contributed by atoms with Crippen molar-refractivity contribution in [1.82, 2.24) is 25.2 Å². The molecule has 1 atom stereocenters. The zero-order valence-corrected chi connectivity index (χ0v) is 21.6. The fourth-order valence-electron chi connectivity index (χ4n) is 3.77. The Morgan fingerprint density at radius 3 is 2.57 bits per heavy atom. The van der Waals surface area contributed by atoms with E-state index in [1.165, 1.54) is 0 Å². The maximum atomic E-state index is 13.8. The molecule has 188 valence electrons. The van der Waals surface area contributed by atoms with E-state index in [2.05, 4.69) is 15.6 Å². The van der Waals surface area contributed by atoms with Gasteiger partial charge in [0.2, 0.25) is 11.8 Å². The van der Waals surface area contributed by atoms with Gasteiger partial charge >= 0.3 is 0 Å². The average Bonchev–Trinajstić information content (AvgIpc) is 3.24. The Morgan fingerprint density at radius 1 is 1.14 bits per heavy atom. The zero-order valence-electron chi connectivity index (χ0n) is 20.8. The van der Waals surface area contributed by atoms with Gasteiger partial charge in [-0.3, -0.25) is 9.59 Å². The van der Waals surface area contributed by atoms with Crippen LogP contribution < -0.4 is 5.32 Å². The summed E-state index contributed by atoms with van der Waals surface area (Å²) in [5, 5.41) is 11.8. The summed E-state index contributed by atoms with van der Waals surface area (Å²) in [6.45, 7) is 9.16. The maximum Gasteiger partial charge on any atom is 0.247 e. The third-order valence-electron chi connectivity index (χ3n) is 6.02. The third kappa shape index (κ3) is 6.80. The zero-order chi connectivity index (χ0) is 25.4. The highest BCUT2D eigenvalue weighted by Gasteiger charge is 2.35. The van der Waals surface area contributed by atoms with Crippen LogP contribution in [0.15, 0.2) is 48.5 Å².